The van der Waals surface area contributed by atoms with Gasteiger partial charge in [0.05, 0.1) is 5.69 Å². The average Bonchev–Trinajstić information content (AvgIpc) is 3.40. The smallest absolute Gasteiger partial charge is 0.242 e. The van der Waals surface area contributed by atoms with E-state index < -0.39 is 0 Å². The molecule has 39 heavy (non-hydrogen) atoms. The number of ether oxygens (including phenoxy) is 2. The Balaban J connectivity index is 1.07. The standard InChI is InChI=1S/C30H33N5O4/c1-21-5-8-23(9-6-21)25-10-12-28(32-31-25)33-13-15-34(16-14-33)29(36)19-35(30(37)24-3-2-4-24)18-22-7-11-26-27(17-22)39-20-38-26/h5-12,17,24H,2-4,13-16,18-20H2,1H3. The normalized spacial score (nSPS) is 16.6. The number of aromatic nitrogens is 2. The predicted octanol–water partition coefficient (Wildman–Crippen LogP) is 3.66. The van der Waals surface area contributed by atoms with Gasteiger partial charge >= 0.3 is 0 Å². The van der Waals surface area contributed by atoms with Crippen molar-refractivity contribution in [3.8, 4) is 22.8 Å². The third kappa shape index (κ3) is 5.53. The first-order valence-electron chi connectivity index (χ1n) is 13.6. The summed E-state index contributed by atoms with van der Waals surface area (Å²) in [4.78, 5) is 32.3. The van der Waals surface area contributed by atoms with E-state index in [9.17, 15) is 9.59 Å². The van der Waals surface area contributed by atoms with E-state index in [1.807, 2.05) is 35.2 Å². The van der Waals surface area contributed by atoms with E-state index >= 15 is 0 Å². The van der Waals surface area contributed by atoms with Gasteiger partial charge in [-0.05, 0) is 49.6 Å². The van der Waals surface area contributed by atoms with Gasteiger partial charge in [0.2, 0.25) is 18.6 Å². The number of aryl methyl sites for hydroxylation is 1. The van der Waals surface area contributed by atoms with E-state index in [1.165, 1.54) is 5.56 Å². The van der Waals surface area contributed by atoms with Crippen LogP contribution in [0, 0.1) is 12.8 Å². The molecule has 0 atom stereocenters. The lowest BCUT2D eigenvalue weighted by Crippen LogP contribution is -2.52. The van der Waals surface area contributed by atoms with Crippen molar-refractivity contribution in [1.82, 2.24) is 20.0 Å². The molecular weight excluding hydrogens is 494 g/mol. The molecule has 9 heteroatoms. The number of fused-ring (bicyclic) bond motifs is 1. The first-order valence-corrected chi connectivity index (χ1v) is 13.6. The minimum absolute atomic E-state index is 0.0186. The van der Waals surface area contributed by atoms with Crippen LogP contribution in [-0.2, 0) is 16.1 Å². The lowest BCUT2D eigenvalue weighted by atomic mass is 9.84. The monoisotopic (exact) mass is 527 g/mol. The second kappa shape index (κ2) is 10.9. The van der Waals surface area contributed by atoms with Crippen LogP contribution in [0.1, 0.15) is 30.4 Å². The minimum atomic E-state index is -0.0242. The first kappa shape index (κ1) is 25.2. The van der Waals surface area contributed by atoms with Gasteiger partial charge in [0.1, 0.15) is 6.54 Å². The number of piperazine rings is 1. The highest BCUT2D eigenvalue weighted by Crippen LogP contribution is 2.34. The fraction of sp³-hybridized carbons (Fsp3) is 0.400. The number of nitrogens with zero attached hydrogens (tertiary/aromatic N) is 5. The molecule has 0 bridgehead atoms. The summed E-state index contributed by atoms with van der Waals surface area (Å²) in [6.45, 7) is 5.22. The van der Waals surface area contributed by atoms with Gasteiger partial charge in [-0.15, -0.1) is 10.2 Å². The number of rotatable bonds is 7. The van der Waals surface area contributed by atoms with E-state index in [4.69, 9.17) is 9.47 Å². The molecule has 0 radical (unpaired) electrons. The molecular formula is C30H33N5O4. The van der Waals surface area contributed by atoms with Crippen molar-refractivity contribution in [3.63, 3.8) is 0 Å². The Hall–Kier alpha value is -4.14. The molecule has 0 unspecified atom stereocenters. The lowest BCUT2D eigenvalue weighted by molar-refractivity contribution is -0.145. The quantitative estimate of drug-likeness (QED) is 0.463. The number of hydrogen-bond acceptors (Lipinski definition) is 7. The summed E-state index contributed by atoms with van der Waals surface area (Å²) in [7, 11) is 0. The lowest BCUT2D eigenvalue weighted by Gasteiger charge is -2.37. The molecule has 1 saturated heterocycles. The molecule has 2 aliphatic heterocycles. The zero-order valence-corrected chi connectivity index (χ0v) is 22.2. The Bertz CT molecular complexity index is 1330. The second-order valence-electron chi connectivity index (χ2n) is 10.5. The molecule has 3 heterocycles. The zero-order valence-electron chi connectivity index (χ0n) is 22.2. The molecule has 2 fully saturated rings. The molecule has 1 aliphatic carbocycles. The first-order chi connectivity index (χ1) is 19.0. The second-order valence-corrected chi connectivity index (χ2v) is 10.5. The third-order valence-corrected chi connectivity index (χ3v) is 7.86. The largest absolute Gasteiger partial charge is 0.454 e. The Morgan fingerprint density at radius 1 is 0.923 bits per heavy atom. The molecule has 9 nitrogen and oxygen atoms in total. The van der Waals surface area contributed by atoms with Crippen LogP contribution in [0.25, 0.3) is 11.3 Å². The molecule has 202 valence electrons. The van der Waals surface area contributed by atoms with E-state index in [0.717, 1.165) is 41.9 Å². The highest BCUT2D eigenvalue weighted by Gasteiger charge is 2.32. The van der Waals surface area contributed by atoms with Gasteiger partial charge in [0.15, 0.2) is 17.3 Å². The predicted molar refractivity (Wildman–Crippen MR) is 146 cm³/mol. The summed E-state index contributed by atoms with van der Waals surface area (Å²) in [5.74, 6) is 2.26. The van der Waals surface area contributed by atoms with Gasteiger partial charge in [-0.2, -0.15) is 0 Å². The van der Waals surface area contributed by atoms with Crippen LogP contribution >= 0.6 is 0 Å². The minimum Gasteiger partial charge on any atom is -0.454 e. The van der Waals surface area contributed by atoms with E-state index in [0.29, 0.717) is 44.2 Å². The Morgan fingerprint density at radius 2 is 1.69 bits per heavy atom. The van der Waals surface area contributed by atoms with Crippen LogP contribution in [0.2, 0.25) is 0 Å². The van der Waals surface area contributed by atoms with Gasteiger partial charge in [-0.1, -0.05) is 42.3 Å². The van der Waals surface area contributed by atoms with E-state index in [1.54, 1.807) is 4.90 Å². The van der Waals surface area contributed by atoms with Crippen molar-refractivity contribution in [1.29, 1.82) is 0 Å². The average molecular weight is 528 g/mol. The van der Waals surface area contributed by atoms with Crippen LogP contribution in [-0.4, -0.2) is 71.3 Å². The summed E-state index contributed by atoms with van der Waals surface area (Å²) >= 11 is 0. The van der Waals surface area contributed by atoms with Gasteiger partial charge in [0.25, 0.3) is 0 Å². The summed E-state index contributed by atoms with van der Waals surface area (Å²) < 4.78 is 10.9. The SMILES string of the molecule is Cc1ccc(-c2ccc(N3CCN(C(=O)CN(Cc4ccc5c(c4)OCO5)C(=O)C4CCC4)CC3)nn2)cc1. The van der Waals surface area contributed by atoms with E-state index in [2.05, 4.69) is 46.3 Å². The third-order valence-electron chi connectivity index (χ3n) is 7.86. The number of anilines is 1. The number of benzene rings is 2. The molecule has 3 aromatic rings. The van der Waals surface area contributed by atoms with Gasteiger partial charge in [-0.25, -0.2) is 0 Å². The topological polar surface area (TPSA) is 88.1 Å². The van der Waals surface area contributed by atoms with Gasteiger partial charge in [0, 0.05) is 44.2 Å². The highest BCUT2D eigenvalue weighted by molar-refractivity contribution is 5.86. The molecule has 0 spiro atoms. The van der Waals surface area contributed by atoms with Gasteiger partial charge < -0.3 is 24.2 Å². The fourth-order valence-electron chi connectivity index (χ4n) is 5.21. The summed E-state index contributed by atoms with van der Waals surface area (Å²) in [5.41, 5.74) is 4.01. The van der Waals surface area contributed by atoms with Crippen LogP contribution in [0.5, 0.6) is 11.5 Å². The van der Waals surface area contributed by atoms with Crippen molar-refractivity contribution < 1.29 is 19.1 Å². The van der Waals surface area contributed by atoms with Crippen LogP contribution in [0.4, 0.5) is 5.82 Å². The Morgan fingerprint density at radius 3 is 2.38 bits per heavy atom. The van der Waals surface area contributed by atoms with Crippen molar-refractivity contribution in [2.24, 2.45) is 5.92 Å². The summed E-state index contributed by atoms with van der Waals surface area (Å²) in [5, 5.41) is 8.87. The van der Waals surface area contributed by atoms with E-state index in [-0.39, 0.29) is 31.1 Å². The number of hydrogen-bond donors (Lipinski definition) is 0. The maximum Gasteiger partial charge on any atom is 0.242 e. The highest BCUT2D eigenvalue weighted by atomic mass is 16.7. The molecule has 3 aliphatic rings. The molecule has 6 rings (SSSR count). The van der Waals surface area contributed by atoms with Crippen LogP contribution in [0.15, 0.2) is 54.6 Å². The molecule has 0 N–H and O–H groups in total. The van der Waals surface area contributed by atoms with Crippen LogP contribution < -0.4 is 14.4 Å². The Kier molecular flexibility index (Phi) is 7.04. The maximum atomic E-state index is 13.3. The van der Waals surface area contributed by atoms with Crippen molar-refractivity contribution in [3.05, 3.63) is 65.7 Å². The zero-order chi connectivity index (χ0) is 26.8. The molecule has 2 aromatic carbocycles. The van der Waals surface area contributed by atoms with Crippen molar-refractivity contribution in [2.75, 3.05) is 44.4 Å². The molecule has 1 saturated carbocycles. The number of carbonyl (C=O) groups is 2. The summed E-state index contributed by atoms with van der Waals surface area (Å²) in [6.07, 6.45) is 2.86. The van der Waals surface area contributed by atoms with Crippen molar-refractivity contribution in [2.45, 2.75) is 32.7 Å². The molecule has 1 aromatic heterocycles. The number of amides is 2. The fourth-order valence-corrected chi connectivity index (χ4v) is 5.21. The number of carbonyl (C=O) groups excluding carboxylic acids is 2. The molecule has 2 amide bonds. The summed E-state index contributed by atoms with van der Waals surface area (Å²) in [6, 6.07) is 17.9. The Labute approximate surface area is 228 Å². The van der Waals surface area contributed by atoms with Crippen LogP contribution in [0.3, 0.4) is 0 Å². The maximum absolute atomic E-state index is 13.3. The van der Waals surface area contributed by atoms with Gasteiger partial charge in [-0.3, -0.25) is 9.59 Å². The van der Waals surface area contributed by atoms with Crippen molar-refractivity contribution >= 4 is 17.6 Å².